The van der Waals surface area contributed by atoms with E-state index in [4.69, 9.17) is 18.7 Å². The lowest BCUT2D eigenvalue weighted by Crippen LogP contribution is -1.96. The Balaban J connectivity index is 2.17. The molecule has 1 heterocycles. The van der Waals surface area contributed by atoms with Crippen molar-refractivity contribution in [1.82, 2.24) is 4.37 Å². The summed E-state index contributed by atoms with van der Waals surface area (Å²) in [6.45, 7) is 1.90. The molecule has 0 saturated heterocycles. The lowest BCUT2D eigenvalue weighted by molar-refractivity contribution is 0.283. The summed E-state index contributed by atoms with van der Waals surface area (Å²) >= 11 is 1.22. The van der Waals surface area contributed by atoms with Crippen LogP contribution in [-0.4, -0.2) is 35.5 Å². The number of phosphoric acid groups is 1. The van der Waals surface area contributed by atoms with Crippen molar-refractivity contribution in [2.75, 3.05) is 21.3 Å². The molecule has 0 aliphatic heterocycles. The Kier molecular flexibility index (Phi) is 6.14. The molecular formula is C19H20NO7PS. The Bertz CT molecular complexity index is 1080. The summed E-state index contributed by atoms with van der Waals surface area (Å²) in [5, 5.41) is 1.79. The van der Waals surface area contributed by atoms with E-state index in [0.29, 0.717) is 34.1 Å². The second-order valence-corrected chi connectivity index (χ2v) is 7.84. The van der Waals surface area contributed by atoms with Crippen molar-refractivity contribution >= 4 is 19.4 Å². The molecule has 2 N–H and O–H groups in total. The molecule has 0 fully saturated rings. The van der Waals surface area contributed by atoms with E-state index in [2.05, 4.69) is 4.37 Å². The normalized spacial score (nSPS) is 11.2. The zero-order valence-corrected chi connectivity index (χ0v) is 17.9. The van der Waals surface area contributed by atoms with Crippen LogP contribution in [0.1, 0.15) is 5.56 Å². The van der Waals surface area contributed by atoms with Gasteiger partial charge >= 0.3 is 7.82 Å². The number of hydrogen-bond acceptors (Lipinski definition) is 7. The summed E-state index contributed by atoms with van der Waals surface area (Å²) in [6.07, 6.45) is 0. The number of nitrogens with zero attached hydrogens (tertiary/aromatic N) is 1. The van der Waals surface area contributed by atoms with Gasteiger partial charge in [-0.05, 0) is 48.3 Å². The van der Waals surface area contributed by atoms with Crippen LogP contribution in [0.4, 0.5) is 0 Å². The minimum atomic E-state index is -4.77. The maximum absolute atomic E-state index is 11.5. The van der Waals surface area contributed by atoms with Crippen LogP contribution in [0.5, 0.6) is 23.0 Å². The van der Waals surface area contributed by atoms with Crippen molar-refractivity contribution in [3.63, 3.8) is 0 Å². The first-order chi connectivity index (χ1) is 13.8. The van der Waals surface area contributed by atoms with E-state index < -0.39 is 7.82 Å². The average Bonchev–Trinajstić information content (AvgIpc) is 3.15. The molecule has 0 radical (unpaired) electrons. The van der Waals surface area contributed by atoms with Crippen LogP contribution in [0.2, 0.25) is 0 Å². The fraction of sp³-hybridized carbons (Fsp3) is 0.211. The molecule has 154 valence electrons. The Labute approximate surface area is 172 Å². The topological polar surface area (TPSA) is 107 Å². The molecule has 0 saturated carbocycles. The van der Waals surface area contributed by atoms with E-state index in [0.717, 1.165) is 11.1 Å². The first kappa shape index (κ1) is 21.1. The van der Waals surface area contributed by atoms with Crippen molar-refractivity contribution in [2.24, 2.45) is 0 Å². The number of hydrogen-bond donors (Lipinski definition) is 2. The van der Waals surface area contributed by atoms with Crippen molar-refractivity contribution < 1.29 is 33.1 Å². The van der Waals surface area contributed by atoms with Gasteiger partial charge in [0.1, 0.15) is 11.5 Å². The van der Waals surface area contributed by atoms with Crippen LogP contribution < -0.4 is 18.7 Å². The highest BCUT2D eigenvalue weighted by Crippen LogP contribution is 2.47. The fourth-order valence-electron chi connectivity index (χ4n) is 2.98. The predicted molar refractivity (Wildman–Crippen MR) is 110 cm³/mol. The van der Waals surface area contributed by atoms with E-state index in [1.165, 1.54) is 24.7 Å². The van der Waals surface area contributed by atoms with E-state index in [-0.39, 0.29) is 5.75 Å². The second-order valence-electron chi connectivity index (χ2n) is 6.05. The van der Waals surface area contributed by atoms with E-state index in [1.54, 1.807) is 37.8 Å². The lowest BCUT2D eigenvalue weighted by Gasteiger charge is -2.15. The highest BCUT2D eigenvalue weighted by atomic mass is 32.1. The van der Waals surface area contributed by atoms with E-state index >= 15 is 0 Å². The third kappa shape index (κ3) is 4.54. The Morgan fingerprint density at radius 3 is 2.34 bits per heavy atom. The molecule has 0 aliphatic carbocycles. The first-order valence-electron chi connectivity index (χ1n) is 8.38. The van der Waals surface area contributed by atoms with Gasteiger partial charge in [-0.1, -0.05) is 0 Å². The van der Waals surface area contributed by atoms with Gasteiger partial charge in [0.05, 0.1) is 27.0 Å². The van der Waals surface area contributed by atoms with Gasteiger partial charge in [0.25, 0.3) is 0 Å². The molecular weight excluding hydrogens is 417 g/mol. The molecule has 0 aliphatic rings. The fourth-order valence-corrected chi connectivity index (χ4v) is 4.10. The molecule has 0 amide bonds. The zero-order chi connectivity index (χ0) is 21.2. The van der Waals surface area contributed by atoms with Gasteiger partial charge in [-0.15, -0.1) is 0 Å². The van der Waals surface area contributed by atoms with Gasteiger partial charge in [-0.25, -0.2) is 4.57 Å². The van der Waals surface area contributed by atoms with Crippen LogP contribution in [-0.2, 0) is 4.57 Å². The number of aryl methyl sites for hydroxylation is 1. The van der Waals surface area contributed by atoms with Gasteiger partial charge in [-0.3, -0.25) is 9.79 Å². The van der Waals surface area contributed by atoms with Crippen molar-refractivity contribution in [3.8, 4) is 45.4 Å². The monoisotopic (exact) mass is 437 g/mol. The molecule has 2 aromatic carbocycles. The zero-order valence-electron chi connectivity index (χ0n) is 16.2. The van der Waals surface area contributed by atoms with Crippen LogP contribution in [0.3, 0.4) is 0 Å². The number of benzene rings is 2. The molecule has 0 unspecified atom stereocenters. The van der Waals surface area contributed by atoms with E-state index in [9.17, 15) is 14.4 Å². The van der Waals surface area contributed by atoms with Crippen LogP contribution in [0.25, 0.3) is 22.4 Å². The standard InChI is InChI=1S/C19H20NO7PS/c1-11-7-12(8-17(25-3)19(11)26-4)18-15(10-29-20-18)14-6-5-13(24-2)9-16(14)27-28(21,22)23/h5-10H,1-4H3,(H2,21,22,23). The number of methoxy groups -OCH3 is 3. The lowest BCUT2D eigenvalue weighted by atomic mass is 9.99. The van der Waals surface area contributed by atoms with Crippen LogP contribution >= 0.6 is 19.4 Å². The van der Waals surface area contributed by atoms with Gasteiger partial charge in [-0.2, -0.15) is 4.37 Å². The van der Waals surface area contributed by atoms with Crippen LogP contribution in [0, 0.1) is 6.92 Å². The average molecular weight is 437 g/mol. The van der Waals surface area contributed by atoms with Gasteiger partial charge in [0.2, 0.25) is 0 Å². The molecule has 3 aromatic rings. The van der Waals surface area contributed by atoms with Crippen molar-refractivity contribution in [3.05, 3.63) is 41.3 Å². The number of rotatable bonds is 7. The summed E-state index contributed by atoms with van der Waals surface area (Å²) in [7, 11) is -0.190. The molecule has 10 heteroatoms. The maximum atomic E-state index is 11.5. The molecule has 29 heavy (non-hydrogen) atoms. The Hall–Kier alpha value is -2.58. The van der Waals surface area contributed by atoms with Crippen molar-refractivity contribution in [2.45, 2.75) is 6.92 Å². The molecule has 0 spiro atoms. The first-order valence-corrected chi connectivity index (χ1v) is 10.7. The minimum Gasteiger partial charge on any atom is -0.497 e. The molecule has 0 bridgehead atoms. The summed E-state index contributed by atoms with van der Waals surface area (Å²) in [6, 6.07) is 8.49. The van der Waals surface area contributed by atoms with Gasteiger partial charge in [0.15, 0.2) is 11.5 Å². The summed E-state index contributed by atoms with van der Waals surface area (Å²) in [4.78, 5) is 18.6. The predicted octanol–water partition coefficient (Wildman–Crippen LogP) is 4.28. The van der Waals surface area contributed by atoms with Crippen molar-refractivity contribution in [1.29, 1.82) is 0 Å². The summed E-state index contributed by atoms with van der Waals surface area (Å²) in [5.41, 5.74) is 3.40. The second kappa shape index (κ2) is 8.42. The van der Waals surface area contributed by atoms with Crippen LogP contribution in [0.15, 0.2) is 35.7 Å². The molecule has 0 atom stereocenters. The number of ether oxygens (including phenoxy) is 3. The minimum absolute atomic E-state index is 0.00340. The third-order valence-corrected chi connectivity index (χ3v) is 5.27. The van der Waals surface area contributed by atoms with Gasteiger partial charge in [0, 0.05) is 28.1 Å². The summed E-state index contributed by atoms with van der Waals surface area (Å²) < 4.78 is 36.8. The number of aromatic nitrogens is 1. The quantitative estimate of drug-likeness (QED) is 0.528. The largest absolute Gasteiger partial charge is 0.524 e. The summed E-state index contributed by atoms with van der Waals surface area (Å²) in [5.74, 6) is 1.59. The maximum Gasteiger partial charge on any atom is 0.524 e. The Morgan fingerprint density at radius 2 is 1.72 bits per heavy atom. The van der Waals surface area contributed by atoms with Gasteiger partial charge < -0.3 is 18.7 Å². The smallest absolute Gasteiger partial charge is 0.497 e. The Morgan fingerprint density at radius 1 is 0.966 bits per heavy atom. The SMILES string of the molecule is COc1ccc(-c2csnc2-c2cc(C)c(OC)c(OC)c2)c(OP(=O)(O)O)c1. The molecule has 1 aromatic heterocycles. The third-order valence-electron chi connectivity index (χ3n) is 4.20. The number of phosphoric ester groups is 1. The highest BCUT2D eigenvalue weighted by Gasteiger charge is 2.23. The molecule has 3 rings (SSSR count). The molecule has 8 nitrogen and oxygen atoms in total. The van der Waals surface area contributed by atoms with E-state index in [1.807, 2.05) is 13.0 Å². The highest BCUT2D eigenvalue weighted by molar-refractivity contribution is 7.46.